The lowest BCUT2D eigenvalue weighted by molar-refractivity contribution is -0.136. The van der Waals surface area contributed by atoms with Crippen LogP contribution < -0.4 is 11.5 Å². The van der Waals surface area contributed by atoms with Gasteiger partial charge in [-0.05, 0) is 23.1 Å². The molecule has 0 saturated heterocycles. The highest BCUT2D eigenvalue weighted by atomic mass is 16.4. The number of benzene rings is 2. The van der Waals surface area contributed by atoms with Crippen LogP contribution in [-0.4, -0.2) is 16.9 Å². The quantitative estimate of drug-likeness (QED) is 0.581. The fraction of sp³-hybridized carbons (Fsp3) is 0.222. The molecule has 0 fully saturated rings. The molecule has 2 aromatic rings. The maximum absolute atomic E-state index is 12.8. The highest BCUT2D eigenvalue weighted by Gasteiger charge is 2.20. The van der Waals surface area contributed by atoms with Gasteiger partial charge in [0.15, 0.2) is 5.78 Å². The molecule has 5 heteroatoms. The van der Waals surface area contributed by atoms with Crippen molar-refractivity contribution in [3.63, 3.8) is 0 Å². The zero-order chi connectivity index (χ0) is 17.1. The topological polar surface area (TPSA) is 106 Å². The Hall–Kier alpha value is -2.82. The molecular formula is C18H20N2O3. The second kappa shape index (κ2) is 6.52. The van der Waals surface area contributed by atoms with Crippen molar-refractivity contribution >= 4 is 23.1 Å². The smallest absolute Gasteiger partial charge is 0.307 e. The van der Waals surface area contributed by atoms with Crippen LogP contribution in [0.5, 0.6) is 0 Å². The van der Waals surface area contributed by atoms with Crippen LogP contribution in [0, 0.1) is 0 Å². The van der Waals surface area contributed by atoms with Crippen LogP contribution in [0.1, 0.15) is 46.8 Å². The number of nitrogen functional groups attached to an aromatic ring is 2. The van der Waals surface area contributed by atoms with Gasteiger partial charge in [0, 0.05) is 5.56 Å². The number of carbonyl (C=O) groups is 2. The first-order chi connectivity index (χ1) is 10.8. The summed E-state index contributed by atoms with van der Waals surface area (Å²) >= 11 is 0. The molecule has 5 nitrogen and oxygen atoms in total. The summed E-state index contributed by atoms with van der Waals surface area (Å²) in [6.07, 6.45) is -0.282. The fourth-order valence-corrected chi connectivity index (χ4v) is 2.42. The number of anilines is 2. The van der Waals surface area contributed by atoms with E-state index in [-0.39, 0.29) is 29.1 Å². The molecule has 0 atom stereocenters. The van der Waals surface area contributed by atoms with Gasteiger partial charge in [-0.25, -0.2) is 0 Å². The van der Waals surface area contributed by atoms with Crippen molar-refractivity contribution in [1.82, 2.24) is 0 Å². The molecule has 0 saturated carbocycles. The highest BCUT2D eigenvalue weighted by molar-refractivity contribution is 6.14. The molecule has 0 amide bonds. The van der Waals surface area contributed by atoms with Gasteiger partial charge in [-0.3, -0.25) is 9.59 Å². The van der Waals surface area contributed by atoms with Gasteiger partial charge in [0.1, 0.15) is 0 Å². The normalized spacial score (nSPS) is 10.7. The largest absolute Gasteiger partial charge is 0.481 e. The lowest BCUT2D eigenvalue weighted by Gasteiger charge is -2.13. The van der Waals surface area contributed by atoms with E-state index in [1.54, 1.807) is 12.1 Å². The standard InChI is InChI=1S/C18H20N2O3/c1-10(2)11-3-5-12(6-4-11)18(23)16-13(9-15(21)22)7-8-14(19)17(16)20/h3-8,10H,9,19-20H2,1-2H3,(H,21,22). The van der Waals surface area contributed by atoms with E-state index in [0.717, 1.165) is 5.56 Å². The zero-order valence-electron chi connectivity index (χ0n) is 13.2. The Kier molecular flexibility index (Phi) is 4.69. The number of rotatable bonds is 5. The SMILES string of the molecule is CC(C)c1ccc(C(=O)c2c(CC(=O)O)ccc(N)c2N)cc1. The lowest BCUT2D eigenvalue weighted by Crippen LogP contribution is -2.14. The fourth-order valence-electron chi connectivity index (χ4n) is 2.42. The average molecular weight is 312 g/mol. The Balaban J connectivity index is 2.49. The first-order valence-electron chi connectivity index (χ1n) is 7.34. The number of carbonyl (C=O) groups excluding carboxylic acids is 1. The molecule has 0 heterocycles. The number of hydrogen-bond acceptors (Lipinski definition) is 4. The van der Waals surface area contributed by atoms with Gasteiger partial charge < -0.3 is 16.6 Å². The van der Waals surface area contributed by atoms with Crippen molar-refractivity contribution < 1.29 is 14.7 Å². The van der Waals surface area contributed by atoms with E-state index in [4.69, 9.17) is 16.6 Å². The third-order valence-corrected chi connectivity index (χ3v) is 3.77. The third-order valence-electron chi connectivity index (χ3n) is 3.77. The molecule has 0 aliphatic rings. The van der Waals surface area contributed by atoms with E-state index in [9.17, 15) is 9.59 Å². The van der Waals surface area contributed by atoms with Crippen LogP contribution in [-0.2, 0) is 11.2 Å². The van der Waals surface area contributed by atoms with Gasteiger partial charge in [-0.15, -0.1) is 0 Å². The van der Waals surface area contributed by atoms with Gasteiger partial charge in [0.05, 0.1) is 23.4 Å². The first kappa shape index (κ1) is 16.5. The summed E-state index contributed by atoms with van der Waals surface area (Å²) in [5.74, 6) is -0.987. The summed E-state index contributed by atoms with van der Waals surface area (Å²) in [6, 6.07) is 10.3. The molecule has 0 unspecified atom stereocenters. The van der Waals surface area contributed by atoms with E-state index < -0.39 is 5.97 Å². The number of carboxylic acids is 1. The number of ketones is 1. The molecule has 2 aromatic carbocycles. The van der Waals surface area contributed by atoms with Crippen LogP contribution in [0.3, 0.4) is 0 Å². The van der Waals surface area contributed by atoms with Crippen molar-refractivity contribution in [1.29, 1.82) is 0 Å². The van der Waals surface area contributed by atoms with Gasteiger partial charge in [-0.2, -0.15) is 0 Å². The van der Waals surface area contributed by atoms with Crippen molar-refractivity contribution in [3.8, 4) is 0 Å². The lowest BCUT2D eigenvalue weighted by atomic mass is 9.93. The van der Waals surface area contributed by atoms with Gasteiger partial charge in [0.2, 0.25) is 0 Å². The molecule has 0 radical (unpaired) electrons. The monoisotopic (exact) mass is 312 g/mol. The van der Waals surface area contributed by atoms with E-state index in [2.05, 4.69) is 13.8 Å². The molecule has 0 spiro atoms. The molecule has 0 aromatic heterocycles. The van der Waals surface area contributed by atoms with Crippen LogP contribution in [0.2, 0.25) is 0 Å². The number of nitrogens with two attached hydrogens (primary N) is 2. The Morgan fingerprint density at radius 2 is 1.65 bits per heavy atom. The first-order valence-corrected chi connectivity index (χ1v) is 7.34. The summed E-state index contributed by atoms with van der Waals surface area (Å²) in [4.78, 5) is 23.8. The summed E-state index contributed by atoms with van der Waals surface area (Å²) in [5, 5.41) is 9.02. The van der Waals surface area contributed by atoms with Crippen LogP contribution >= 0.6 is 0 Å². The summed E-state index contributed by atoms with van der Waals surface area (Å²) in [5.41, 5.74) is 14.2. The van der Waals surface area contributed by atoms with E-state index >= 15 is 0 Å². The van der Waals surface area contributed by atoms with E-state index in [1.165, 1.54) is 12.1 Å². The van der Waals surface area contributed by atoms with E-state index in [1.807, 2.05) is 12.1 Å². The van der Waals surface area contributed by atoms with Crippen molar-refractivity contribution in [2.24, 2.45) is 0 Å². The van der Waals surface area contributed by atoms with Gasteiger partial charge in [0.25, 0.3) is 0 Å². The van der Waals surface area contributed by atoms with Crippen molar-refractivity contribution in [3.05, 3.63) is 58.7 Å². The van der Waals surface area contributed by atoms with Gasteiger partial charge >= 0.3 is 5.97 Å². The minimum atomic E-state index is -1.03. The molecule has 5 N–H and O–H groups in total. The number of carboxylic acid groups (broad SMARTS) is 1. The number of hydrogen-bond donors (Lipinski definition) is 3. The summed E-state index contributed by atoms with van der Waals surface area (Å²) in [6.45, 7) is 4.13. The molecule has 23 heavy (non-hydrogen) atoms. The Labute approximate surface area is 134 Å². The minimum absolute atomic E-state index is 0.127. The maximum Gasteiger partial charge on any atom is 0.307 e. The molecule has 120 valence electrons. The highest BCUT2D eigenvalue weighted by Crippen LogP contribution is 2.27. The Bertz CT molecular complexity index is 750. The van der Waals surface area contributed by atoms with Gasteiger partial charge in [-0.1, -0.05) is 44.2 Å². The van der Waals surface area contributed by atoms with Crippen LogP contribution in [0.4, 0.5) is 11.4 Å². The second-order valence-corrected chi connectivity index (χ2v) is 5.78. The average Bonchev–Trinajstić information content (AvgIpc) is 2.50. The summed E-state index contributed by atoms with van der Waals surface area (Å²) < 4.78 is 0. The van der Waals surface area contributed by atoms with Crippen molar-refractivity contribution in [2.75, 3.05) is 11.5 Å². The summed E-state index contributed by atoms with van der Waals surface area (Å²) in [7, 11) is 0. The third kappa shape index (κ3) is 3.51. The zero-order valence-corrected chi connectivity index (χ0v) is 13.2. The Morgan fingerprint density at radius 3 is 2.17 bits per heavy atom. The minimum Gasteiger partial charge on any atom is -0.481 e. The molecule has 0 aliphatic carbocycles. The molecule has 2 rings (SSSR count). The van der Waals surface area contributed by atoms with Crippen molar-refractivity contribution in [2.45, 2.75) is 26.2 Å². The maximum atomic E-state index is 12.8. The molecule has 0 aliphatic heterocycles. The predicted octanol–water partition coefficient (Wildman–Crippen LogP) is 2.83. The number of aliphatic carboxylic acids is 1. The van der Waals surface area contributed by atoms with Crippen LogP contribution in [0.15, 0.2) is 36.4 Å². The molecule has 0 bridgehead atoms. The second-order valence-electron chi connectivity index (χ2n) is 5.78. The Morgan fingerprint density at radius 1 is 1.04 bits per heavy atom. The van der Waals surface area contributed by atoms with Crippen LogP contribution in [0.25, 0.3) is 0 Å². The van der Waals surface area contributed by atoms with E-state index in [0.29, 0.717) is 17.0 Å². The molecular weight excluding hydrogens is 292 g/mol. The predicted molar refractivity (Wildman–Crippen MR) is 90.6 cm³/mol.